The largest absolute Gasteiger partial charge is 0.481 e. The molecule has 0 saturated heterocycles. The minimum absolute atomic E-state index is 0.117. The molecular formula is C17H18BrNO3. The summed E-state index contributed by atoms with van der Waals surface area (Å²) in [5, 5.41) is 12.6. The van der Waals surface area contributed by atoms with Gasteiger partial charge in [-0.25, -0.2) is 0 Å². The Labute approximate surface area is 137 Å². The maximum absolute atomic E-state index is 12.7. The van der Waals surface area contributed by atoms with Crippen molar-refractivity contribution in [1.82, 2.24) is 0 Å². The number of nitrogens with one attached hydrogen (secondary N) is 1. The Morgan fingerprint density at radius 2 is 1.68 bits per heavy atom. The highest BCUT2D eigenvalue weighted by Crippen LogP contribution is 2.74. The molecule has 1 unspecified atom stereocenters. The number of aliphatic carboxylic acids is 1. The minimum Gasteiger partial charge on any atom is -0.481 e. The molecule has 116 valence electrons. The fraction of sp³-hybridized carbons (Fsp3) is 0.529. The van der Waals surface area contributed by atoms with Crippen molar-refractivity contribution in [3.63, 3.8) is 0 Å². The Hall–Kier alpha value is -1.36. The number of hydrogen-bond acceptors (Lipinski definition) is 2. The van der Waals surface area contributed by atoms with E-state index in [1.54, 1.807) is 0 Å². The van der Waals surface area contributed by atoms with E-state index in [0.717, 1.165) is 35.8 Å². The number of amides is 1. The summed E-state index contributed by atoms with van der Waals surface area (Å²) in [6.07, 6.45) is 4.19. The Bertz CT molecular complexity index is 638. The van der Waals surface area contributed by atoms with Crippen molar-refractivity contribution in [2.24, 2.45) is 29.1 Å². The molecule has 3 saturated carbocycles. The van der Waals surface area contributed by atoms with Crippen LogP contribution in [-0.2, 0) is 9.59 Å². The molecule has 1 spiro atoms. The van der Waals surface area contributed by atoms with Gasteiger partial charge in [-0.15, -0.1) is 0 Å². The van der Waals surface area contributed by atoms with Crippen molar-refractivity contribution in [3.05, 3.63) is 28.7 Å². The fourth-order valence-corrected chi connectivity index (χ4v) is 5.36. The van der Waals surface area contributed by atoms with Gasteiger partial charge in [0.05, 0.1) is 11.8 Å². The molecule has 2 N–H and O–H groups in total. The Morgan fingerprint density at radius 1 is 1.09 bits per heavy atom. The highest BCUT2D eigenvalue weighted by Gasteiger charge is 2.71. The van der Waals surface area contributed by atoms with Gasteiger partial charge in [0, 0.05) is 10.2 Å². The zero-order valence-electron chi connectivity index (χ0n) is 12.1. The van der Waals surface area contributed by atoms with Crippen LogP contribution < -0.4 is 5.32 Å². The van der Waals surface area contributed by atoms with Crippen molar-refractivity contribution in [1.29, 1.82) is 0 Å². The summed E-state index contributed by atoms with van der Waals surface area (Å²) in [5.74, 6) is -1.33. The molecular weight excluding hydrogens is 346 g/mol. The third-order valence-electron chi connectivity index (χ3n) is 6.05. The summed E-state index contributed by atoms with van der Waals surface area (Å²) in [6.45, 7) is 0. The highest BCUT2D eigenvalue weighted by molar-refractivity contribution is 9.10. The lowest BCUT2D eigenvalue weighted by Crippen LogP contribution is -2.37. The van der Waals surface area contributed by atoms with Crippen LogP contribution in [0.5, 0.6) is 0 Å². The van der Waals surface area contributed by atoms with Gasteiger partial charge in [-0.1, -0.05) is 15.9 Å². The van der Waals surface area contributed by atoms with E-state index < -0.39 is 11.9 Å². The first-order valence-electron chi connectivity index (χ1n) is 7.82. The van der Waals surface area contributed by atoms with E-state index in [4.69, 9.17) is 0 Å². The lowest BCUT2D eigenvalue weighted by Gasteiger charge is -2.26. The molecule has 1 amide bonds. The summed E-state index contributed by atoms with van der Waals surface area (Å²) >= 11 is 3.37. The van der Waals surface area contributed by atoms with Gasteiger partial charge in [-0.2, -0.15) is 0 Å². The second kappa shape index (κ2) is 4.82. The van der Waals surface area contributed by atoms with Crippen LogP contribution in [0.1, 0.15) is 25.7 Å². The van der Waals surface area contributed by atoms with Crippen molar-refractivity contribution < 1.29 is 14.7 Å². The maximum atomic E-state index is 12.7. The van der Waals surface area contributed by atoms with Gasteiger partial charge in [0.1, 0.15) is 0 Å². The predicted molar refractivity (Wildman–Crippen MR) is 85.3 cm³/mol. The molecule has 2 bridgehead atoms. The predicted octanol–water partition coefficient (Wildman–Crippen LogP) is 3.52. The Balaban J connectivity index is 1.59. The lowest BCUT2D eigenvalue weighted by molar-refractivity contribution is -0.148. The summed E-state index contributed by atoms with van der Waals surface area (Å²) in [7, 11) is 0. The molecule has 5 heteroatoms. The molecule has 0 heterocycles. The molecule has 4 nitrogen and oxygen atoms in total. The smallest absolute Gasteiger partial charge is 0.307 e. The van der Waals surface area contributed by atoms with Crippen LogP contribution in [-0.4, -0.2) is 17.0 Å². The summed E-state index contributed by atoms with van der Waals surface area (Å²) in [6, 6.07) is 7.40. The molecule has 3 fully saturated rings. The second-order valence-corrected chi connectivity index (χ2v) is 7.83. The van der Waals surface area contributed by atoms with Gasteiger partial charge >= 0.3 is 5.97 Å². The molecule has 1 aromatic carbocycles. The number of halogens is 1. The molecule has 4 atom stereocenters. The SMILES string of the molecule is O=C(Nc1ccc(Br)cc1)C1[C@H](C(=O)O)[C@H]2CC[C@@H]1C21CC1. The normalized spacial score (nSPS) is 33.9. The maximum Gasteiger partial charge on any atom is 0.307 e. The van der Waals surface area contributed by atoms with Gasteiger partial charge in [-0.05, 0) is 67.2 Å². The van der Waals surface area contributed by atoms with Crippen LogP contribution in [0.2, 0.25) is 0 Å². The van der Waals surface area contributed by atoms with E-state index in [-0.39, 0.29) is 29.1 Å². The minimum atomic E-state index is -0.797. The van der Waals surface area contributed by atoms with E-state index in [9.17, 15) is 14.7 Å². The van der Waals surface area contributed by atoms with Gasteiger partial charge in [0.2, 0.25) is 5.91 Å². The number of carbonyl (C=O) groups is 2. The average molecular weight is 364 g/mol. The third-order valence-corrected chi connectivity index (χ3v) is 6.58. The molecule has 4 rings (SSSR count). The van der Waals surface area contributed by atoms with E-state index in [2.05, 4.69) is 21.2 Å². The standard InChI is InChI=1S/C17H18BrNO3/c18-9-1-3-10(4-2-9)19-15(20)13-11-5-6-12(14(13)16(21)22)17(11)7-8-17/h1-4,11-14H,5-8H2,(H,19,20)(H,21,22)/t11-,12+,13?,14+/m0/s1. The van der Waals surface area contributed by atoms with Gasteiger partial charge in [0.25, 0.3) is 0 Å². The van der Waals surface area contributed by atoms with E-state index in [0.29, 0.717) is 0 Å². The first-order chi connectivity index (χ1) is 10.5. The monoisotopic (exact) mass is 363 g/mol. The van der Waals surface area contributed by atoms with E-state index in [1.165, 1.54) is 0 Å². The second-order valence-electron chi connectivity index (χ2n) is 6.91. The first-order valence-corrected chi connectivity index (χ1v) is 8.61. The van der Waals surface area contributed by atoms with Crippen molar-refractivity contribution in [2.75, 3.05) is 5.32 Å². The molecule has 0 aromatic heterocycles. The van der Waals surface area contributed by atoms with Crippen LogP contribution >= 0.6 is 15.9 Å². The zero-order chi connectivity index (χ0) is 15.5. The number of carbonyl (C=O) groups excluding carboxylic acids is 1. The van der Waals surface area contributed by atoms with E-state index >= 15 is 0 Å². The zero-order valence-corrected chi connectivity index (χ0v) is 13.7. The summed E-state index contributed by atoms with van der Waals surface area (Å²) < 4.78 is 0.950. The van der Waals surface area contributed by atoms with Gasteiger partial charge < -0.3 is 10.4 Å². The van der Waals surface area contributed by atoms with Crippen LogP contribution in [0, 0.1) is 29.1 Å². The lowest BCUT2D eigenvalue weighted by atomic mass is 9.78. The number of rotatable bonds is 3. The summed E-state index contributed by atoms with van der Waals surface area (Å²) in [4.78, 5) is 24.5. The van der Waals surface area contributed by atoms with Crippen LogP contribution in [0.25, 0.3) is 0 Å². The number of hydrogen-bond donors (Lipinski definition) is 2. The highest BCUT2D eigenvalue weighted by atomic mass is 79.9. The topological polar surface area (TPSA) is 66.4 Å². The van der Waals surface area contributed by atoms with Crippen molar-refractivity contribution in [3.8, 4) is 0 Å². The Morgan fingerprint density at radius 3 is 2.23 bits per heavy atom. The number of anilines is 1. The van der Waals surface area contributed by atoms with Crippen LogP contribution in [0.3, 0.4) is 0 Å². The molecule has 1 aromatic rings. The van der Waals surface area contributed by atoms with Crippen molar-refractivity contribution in [2.45, 2.75) is 25.7 Å². The Kier molecular flexibility index (Phi) is 3.12. The molecule has 22 heavy (non-hydrogen) atoms. The number of benzene rings is 1. The number of carboxylic acid groups (broad SMARTS) is 1. The van der Waals surface area contributed by atoms with Gasteiger partial charge in [0.15, 0.2) is 0 Å². The summed E-state index contributed by atoms with van der Waals surface area (Å²) in [5.41, 5.74) is 0.898. The molecule has 0 aliphatic heterocycles. The third kappa shape index (κ3) is 1.94. The quantitative estimate of drug-likeness (QED) is 0.863. The molecule has 0 radical (unpaired) electrons. The van der Waals surface area contributed by atoms with Gasteiger partial charge in [-0.3, -0.25) is 9.59 Å². The number of carboxylic acids is 1. The van der Waals surface area contributed by atoms with E-state index in [1.807, 2.05) is 24.3 Å². The molecule has 3 aliphatic carbocycles. The fourth-order valence-electron chi connectivity index (χ4n) is 5.10. The molecule has 3 aliphatic rings. The first kappa shape index (κ1) is 14.2. The van der Waals surface area contributed by atoms with Crippen LogP contribution in [0.15, 0.2) is 28.7 Å². The van der Waals surface area contributed by atoms with Crippen LogP contribution in [0.4, 0.5) is 5.69 Å². The average Bonchev–Trinajstić information content (AvgIpc) is 3.15. The van der Waals surface area contributed by atoms with Crippen molar-refractivity contribution >= 4 is 33.5 Å².